The largest absolute Gasteiger partial charge is 0.299 e. The van der Waals surface area contributed by atoms with Crippen molar-refractivity contribution in [1.82, 2.24) is 28.7 Å². The fourth-order valence-corrected chi connectivity index (χ4v) is 13.9. The number of nitrogens with zero attached hydrogens (tertiary/aromatic N) is 6. The summed E-state index contributed by atoms with van der Waals surface area (Å²) < 4.78 is 6.91. The van der Waals surface area contributed by atoms with Gasteiger partial charge < -0.3 is 0 Å². The van der Waals surface area contributed by atoms with Crippen molar-refractivity contribution in [3.63, 3.8) is 0 Å². The molecule has 13 aromatic rings. The first kappa shape index (κ1) is 64.0. The van der Waals surface area contributed by atoms with Crippen molar-refractivity contribution in [2.75, 3.05) is 0 Å². The van der Waals surface area contributed by atoms with Gasteiger partial charge in [-0.25, -0.2) is 15.0 Å². The van der Waals surface area contributed by atoms with Crippen molar-refractivity contribution in [2.24, 2.45) is 0 Å². The molecule has 3 heterocycles. The van der Waals surface area contributed by atoms with Crippen LogP contribution in [-0.4, -0.2) is 37.1 Å². The van der Waals surface area contributed by atoms with Crippen molar-refractivity contribution in [1.29, 1.82) is 0 Å². The lowest BCUT2D eigenvalue weighted by Gasteiger charge is -2.22. The fraction of sp³-hybridized carbons (Fsp3) is 0.207. The Morgan fingerprint density at radius 2 is 0.415 bits per heavy atom. The molecule has 0 N–H and O–H groups in total. The predicted octanol–water partition coefficient (Wildman–Crippen LogP) is 23.6. The molecular weight excluding hydrogens is 1140 g/mol. The maximum absolute atomic E-state index is 5.01. The van der Waals surface area contributed by atoms with Gasteiger partial charge in [0.25, 0.3) is 0 Å². The van der Waals surface area contributed by atoms with Gasteiger partial charge in [0, 0.05) is 62.3 Å². The van der Waals surface area contributed by atoms with E-state index in [1.807, 2.05) is 18.6 Å². The molecule has 13 rings (SSSR count). The molecular formula is C87H84BN6. The minimum atomic E-state index is 0. The number of hydrogen-bond acceptors (Lipinski definition) is 3. The van der Waals surface area contributed by atoms with Crippen LogP contribution in [0.5, 0.6) is 0 Å². The van der Waals surface area contributed by atoms with E-state index in [0.717, 1.165) is 101 Å². The highest BCUT2D eigenvalue weighted by Crippen LogP contribution is 2.45. The Hall–Kier alpha value is -10.1. The molecule has 0 saturated carbocycles. The zero-order chi connectivity index (χ0) is 64.6. The fourth-order valence-electron chi connectivity index (χ4n) is 13.9. The Labute approximate surface area is 559 Å². The summed E-state index contributed by atoms with van der Waals surface area (Å²) in [4.78, 5) is 15.0. The molecule has 465 valence electrons. The topological polar surface area (TPSA) is 53.5 Å². The molecule has 0 amide bonds. The van der Waals surface area contributed by atoms with Crippen LogP contribution in [0.15, 0.2) is 256 Å². The van der Waals surface area contributed by atoms with Crippen molar-refractivity contribution in [2.45, 2.75) is 119 Å². The molecule has 0 bridgehead atoms. The standard InChI is InChI=1S/C87H84N6.B/c1-55(2)70-28-19-29-71(56(3)4)82(70)91-49-46-88-85(91)64-40-34-61(35-41-64)76-22-13-16-25-79(76)67-52-68(80-26-17-14-23-77(80)62-36-42-65(43-37-62)86-89-47-50-92(86)83-72(57(5)6)30-20-31-73(83)58(7)8)54-69(53-67)81-27-18-15-24-78(81)63-38-44-66(45-39-63)87-90-48-51-93(87)84-74(59(9)10)32-21-33-75(84)60(11)12;/h13-60H,1-12H3;. The number of imidazole rings is 3. The molecule has 3 radical (unpaired) electrons. The SMILES string of the molecule is CC(C)c1cccc(C(C)C)c1-n1ccnc1-c1ccc(-c2ccccc2-c2cc(-c3ccccc3-c3ccc(-c4nccn4-c4c(C(C)C)cccc4C(C)C)cc3)cc(-c3ccccc3-c3ccc(-c4nccn4-c4c(C(C)C)cccc4C(C)C)cc3)c2)cc1.[B]. The lowest BCUT2D eigenvalue weighted by Crippen LogP contribution is -2.07. The zero-order valence-corrected chi connectivity index (χ0v) is 56.5. The highest BCUT2D eigenvalue weighted by atomic mass is 15.1. The summed E-state index contributed by atoms with van der Waals surface area (Å²) in [5.74, 6) is 4.91. The van der Waals surface area contributed by atoms with Gasteiger partial charge in [-0.2, -0.15) is 0 Å². The van der Waals surface area contributed by atoms with Gasteiger partial charge in [0.1, 0.15) is 17.5 Å². The summed E-state index contributed by atoms with van der Waals surface area (Å²) in [6.07, 6.45) is 12.2. The average molecular weight is 1220 g/mol. The summed E-state index contributed by atoms with van der Waals surface area (Å²) in [7, 11) is 0. The quantitative estimate of drug-likeness (QED) is 0.0805. The van der Waals surface area contributed by atoms with Gasteiger partial charge in [-0.05, 0) is 154 Å². The zero-order valence-electron chi connectivity index (χ0n) is 56.5. The van der Waals surface area contributed by atoms with E-state index in [0.29, 0.717) is 35.5 Å². The smallest absolute Gasteiger partial charge is 0.144 e. The van der Waals surface area contributed by atoms with Crippen molar-refractivity contribution in [3.8, 4) is 118 Å². The normalized spacial score (nSPS) is 11.7. The first-order valence-electron chi connectivity index (χ1n) is 33.4. The highest BCUT2D eigenvalue weighted by molar-refractivity contribution is 5.94. The maximum atomic E-state index is 5.01. The van der Waals surface area contributed by atoms with Crippen LogP contribution in [0.2, 0.25) is 0 Å². The minimum Gasteiger partial charge on any atom is -0.299 e. The number of benzene rings is 10. The van der Waals surface area contributed by atoms with Crippen LogP contribution in [0.25, 0.3) is 118 Å². The molecule has 10 aromatic carbocycles. The molecule has 0 spiro atoms. The van der Waals surface area contributed by atoms with Crippen molar-refractivity contribution < 1.29 is 0 Å². The monoisotopic (exact) mass is 1220 g/mol. The summed E-state index contributed by atoms with van der Waals surface area (Å²) in [5, 5.41) is 0. The van der Waals surface area contributed by atoms with Crippen LogP contribution >= 0.6 is 0 Å². The maximum Gasteiger partial charge on any atom is 0.144 e. The number of rotatable bonds is 18. The van der Waals surface area contributed by atoms with E-state index in [1.54, 1.807) is 0 Å². The first-order valence-corrected chi connectivity index (χ1v) is 33.4. The van der Waals surface area contributed by atoms with E-state index in [2.05, 4.69) is 334 Å². The second-order valence-electron chi connectivity index (χ2n) is 26.8. The van der Waals surface area contributed by atoms with Gasteiger partial charge in [-0.3, -0.25) is 13.7 Å². The molecule has 0 aliphatic carbocycles. The average Bonchev–Trinajstić information content (AvgIpc) is 1.34. The van der Waals surface area contributed by atoms with Crippen LogP contribution in [0, 0.1) is 0 Å². The van der Waals surface area contributed by atoms with Gasteiger partial charge in [0.2, 0.25) is 0 Å². The molecule has 0 aliphatic heterocycles. The molecule has 6 nitrogen and oxygen atoms in total. The number of para-hydroxylation sites is 3. The molecule has 0 fully saturated rings. The Morgan fingerprint density at radius 3 is 0.617 bits per heavy atom. The van der Waals surface area contributed by atoms with Crippen LogP contribution in [0.3, 0.4) is 0 Å². The molecule has 7 heteroatoms. The first-order chi connectivity index (χ1) is 45.1. The van der Waals surface area contributed by atoms with E-state index in [9.17, 15) is 0 Å². The molecule has 0 aliphatic rings. The number of aromatic nitrogens is 6. The van der Waals surface area contributed by atoms with Crippen LogP contribution in [0.1, 0.15) is 152 Å². The lowest BCUT2D eigenvalue weighted by molar-refractivity contribution is 0.806. The summed E-state index contributed by atoms with van der Waals surface area (Å²) in [5.41, 5.74) is 28.5. The van der Waals surface area contributed by atoms with E-state index < -0.39 is 0 Å². The van der Waals surface area contributed by atoms with E-state index in [-0.39, 0.29) is 8.41 Å². The minimum absolute atomic E-state index is 0. The van der Waals surface area contributed by atoms with E-state index in [4.69, 9.17) is 15.0 Å². The van der Waals surface area contributed by atoms with E-state index in [1.165, 1.54) is 50.4 Å². The van der Waals surface area contributed by atoms with Crippen LogP contribution < -0.4 is 0 Å². The Morgan fingerprint density at radius 1 is 0.223 bits per heavy atom. The van der Waals surface area contributed by atoms with Crippen LogP contribution in [-0.2, 0) is 0 Å². The molecule has 0 saturated heterocycles. The predicted molar refractivity (Wildman–Crippen MR) is 397 cm³/mol. The van der Waals surface area contributed by atoms with Gasteiger partial charge in [-0.15, -0.1) is 0 Å². The Balaban J connectivity index is 0.00000848. The van der Waals surface area contributed by atoms with Crippen molar-refractivity contribution >= 4 is 8.41 Å². The Bertz CT molecular complexity index is 4220. The summed E-state index contributed by atoms with van der Waals surface area (Å²) in [6, 6.07) is 81.1. The third-order valence-corrected chi connectivity index (χ3v) is 18.7. The van der Waals surface area contributed by atoms with Crippen molar-refractivity contribution in [3.05, 3.63) is 289 Å². The summed E-state index contributed by atoms with van der Waals surface area (Å²) in [6.45, 7) is 27.3. The molecule has 0 atom stereocenters. The Kier molecular flexibility index (Phi) is 18.5. The number of hydrogen-bond donors (Lipinski definition) is 0. The van der Waals surface area contributed by atoms with Gasteiger partial charge >= 0.3 is 0 Å². The second-order valence-corrected chi connectivity index (χ2v) is 26.8. The third-order valence-electron chi connectivity index (χ3n) is 18.7. The van der Waals surface area contributed by atoms with Gasteiger partial charge in [0.15, 0.2) is 0 Å². The molecule has 3 aromatic heterocycles. The molecule has 94 heavy (non-hydrogen) atoms. The highest BCUT2D eigenvalue weighted by Gasteiger charge is 2.24. The summed E-state index contributed by atoms with van der Waals surface area (Å²) >= 11 is 0. The second kappa shape index (κ2) is 27.2. The van der Waals surface area contributed by atoms with Gasteiger partial charge in [0.05, 0.1) is 17.1 Å². The molecule has 0 unspecified atom stereocenters. The van der Waals surface area contributed by atoms with E-state index >= 15 is 0 Å². The lowest BCUT2D eigenvalue weighted by atomic mass is 9.86. The third kappa shape index (κ3) is 12.3. The van der Waals surface area contributed by atoms with Gasteiger partial charge in [-0.1, -0.05) is 283 Å². The van der Waals surface area contributed by atoms with Crippen LogP contribution in [0.4, 0.5) is 0 Å².